The van der Waals surface area contributed by atoms with E-state index >= 15 is 0 Å². The minimum absolute atomic E-state index is 0.0239. The van der Waals surface area contributed by atoms with Crippen LogP contribution in [-0.2, 0) is 22.4 Å². The second-order valence-corrected chi connectivity index (χ2v) is 15.9. The molecule has 2 aromatic heterocycles. The van der Waals surface area contributed by atoms with Crippen LogP contribution in [0.1, 0.15) is 76.8 Å². The third kappa shape index (κ3) is 10.2. The van der Waals surface area contributed by atoms with Crippen LogP contribution in [0.3, 0.4) is 0 Å². The zero-order valence-corrected chi connectivity index (χ0v) is 36.9. The number of amides is 2. The molecular formula is C45H46Cl4N4O6. The molecule has 310 valence electrons. The zero-order valence-electron chi connectivity index (χ0n) is 33.9. The summed E-state index contributed by atoms with van der Waals surface area (Å²) in [5.74, 6) is 0.344. The van der Waals surface area contributed by atoms with E-state index in [1.807, 2.05) is 27.7 Å². The number of halogens is 4. The van der Waals surface area contributed by atoms with Gasteiger partial charge < -0.3 is 20.1 Å². The highest BCUT2D eigenvalue weighted by atomic mass is 35.5. The topological polar surface area (TPSA) is 121 Å². The lowest BCUT2D eigenvalue weighted by molar-refractivity contribution is -0.121. The van der Waals surface area contributed by atoms with Gasteiger partial charge in [-0.25, -0.2) is 0 Å². The van der Waals surface area contributed by atoms with Crippen LogP contribution < -0.4 is 20.1 Å². The summed E-state index contributed by atoms with van der Waals surface area (Å²) >= 11 is 24.6. The number of hydrogen-bond donors (Lipinski definition) is 2. The number of fused-ring (bicyclic) bond motifs is 2. The van der Waals surface area contributed by atoms with Crippen molar-refractivity contribution in [2.75, 3.05) is 20.8 Å². The van der Waals surface area contributed by atoms with Crippen molar-refractivity contribution in [1.29, 1.82) is 0 Å². The van der Waals surface area contributed by atoms with Crippen LogP contribution in [0.25, 0.3) is 21.8 Å². The van der Waals surface area contributed by atoms with E-state index in [0.717, 1.165) is 34.7 Å². The molecule has 0 aliphatic rings. The number of ether oxygens (including phenoxy) is 2. The molecule has 59 heavy (non-hydrogen) atoms. The Morgan fingerprint density at radius 2 is 1.05 bits per heavy atom. The van der Waals surface area contributed by atoms with Gasteiger partial charge in [0, 0.05) is 55.9 Å². The Morgan fingerprint density at radius 3 is 1.42 bits per heavy atom. The van der Waals surface area contributed by atoms with Gasteiger partial charge in [-0.3, -0.25) is 28.3 Å². The third-order valence-electron chi connectivity index (χ3n) is 9.78. The third-order valence-corrected chi connectivity index (χ3v) is 10.9. The molecule has 6 aromatic rings. The highest BCUT2D eigenvalue weighted by molar-refractivity contribution is 6.33. The average Bonchev–Trinajstić information content (AvgIpc) is 3.60. The van der Waals surface area contributed by atoms with E-state index in [4.69, 9.17) is 55.9 Å². The Bertz CT molecular complexity index is 2530. The van der Waals surface area contributed by atoms with Crippen molar-refractivity contribution < 1.29 is 28.7 Å². The number of hydrogen-bond acceptors (Lipinski definition) is 6. The molecule has 0 fully saturated rings. The van der Waals surface area contributed by atoms with Crippen LogP contribution in [-0.4, -0.2) is 59.6 Å². The van der Waals surface area contributed by atoms with Gasteiger partial charge in [0.15, 0.2) is 0 Å². The zero-order chi connectivity index (χ0) is 43.1. The molecule has 0 aliphatic carbocycles. The van der Waals surface area contributed by atoms with Crippen molar-refractivity contribution in [3.63, 3.8) is 0 Å². The van der Waals surface area contributed by atoms with E-state index in [1.165, 1.54) is 14.2 Å². The Morgan fingerprint density at radius 1 is 0.644 bits per heavy atom. The number of benzene rings is 4. The molecule has 2 N–H and O–H groups in total. The van der Waals surface area contributed by atoms with Gasteiger partial charge in [-0.15, -0.1) is 0 Å². The van der Waals surface area contributed by atoms with Crippen molar-refractivity contribution in [3.8, 4) is 11.5 Å². The number of methoxy groups -OCH3 is 2. The fraction of sp³-hybridized carbons (Fsp3) is 0.289. The molecule has 2 heterocycles. The summed E-state index contributed by atoms with van der Waals surface area (Å²) in [6.07, 6.45) is 2.23. The predicted molar refractivity (Wildman–Crippen MR) is 237 cm³/mol. The second kappa shape index (κ2) is 19.8. The number of carbonyl (C=O) groups excluding carboxylic acids is 4. The second-order valence-electron chi connectivity index (χ2n) is 14.2. The smallest absolute Gasteiger partial charge is 0.262 e. The van der Waals surface area contributed by atoms with Crippen molar-refractivity contribution in [1.82, 2.24) is 19.8 Å². The molecule has 0 aliphatic heterocycles. The molecule has 14 heteroatoms. The maximum atomic E-state index is 13.3. The average molecular weight is 881 g/mol. The molecule has 6 rings (SSSR count). The van der Waals surface area contributed by atoms with Gasteiger partial charge in [0.25, 0.3) is 11.8 Å². The first-order valence-corrected chi connectivity index (χ1v) is 20.5. The van der Waals surface area contributed by atoms with Gasteiger partial charge in [0.05, 0.1) is 48.1 Å². The molecule has 0 saturated carbocycles. The summed E-state index contributed by atoms with van der Waals surface area (Å²) in [7, 11) is 3.06. The number of nitrogens with zero attached hydrogens (tertiary/aromatic N) is 2. The molecule has 0 radical (unpaired) electrons. The summed E-state index contributed by atoms with van der Waals surface area (Å²) < 4.78 is 13.9. The lowest BCUT2D eigenvalue weighted by Crippen LogP contribution is -2.31. The minimum atomic E-state index is -0.221. The summed E-state index contributed by atoms with van der Waals surface area (Å²) in [6.45, 7) is 10.2. The lowest BCUT2D eigenvalue weighted by atomic mass is 10.1. The van der Waals surface area contributed by atoms with E-state index in [2.05, 4.69) is 17.6 Å². The lowest BCUT2D eigenvalue weighted by Gasteiger charge is -2.09. The van der Waals surface area contributed by atoms with E-state index in [0.29, 0.717) is 71.7 Å². The van der Waals surface area contributed by atoms with Crippen molar-refractivity contribution in [2.24, 2.45) is 0 Å². The van der Waals surface area contributed by atoms with Crippen LogP contribution >= 0.6 is 46.4 Å². The molecule has 0 atom stereocenters. The molecule has 2 amide bonds. The van der Waals surface area contributed by atoms with E-state index in [1.54, 1.807) is 81.9 Å². The van der Waals surface area contributed by atoms with Crippen LogP contribution in [0.5, 0.6) is 11.5 Å². The van der Waals surface area contributed by atoms with Gasteiger partial charge >= 0.3 is 0 Å². The highest BCUT2D eigenvalue weighted by Crippen LogP contribution is 2.37. The number of nitrogens with one attached hydrogen (secondary N) is 2. The van der Waals surface area contributed by atoms with Gasteiger partial charge in [-0.1, -0.05) is 59.7 Å². The SMILES string of the molecule is CCCCNC(=O)Cc1c(C)n(C(=O)c2ccc(Cl)cc2)c2cc(Cl)c(OC)cc12.COc1cc2c(CC(=O)NC(C)C)c(C)n(C(=O)c3ccc(Cl)cc3)c2cc1Cl. The first-order chi connectivity index (χ1) is 28.1. The van der Waals surface area contributed by atoms with Gasteiger partial charge in [-0.05, 0) is 118 Å². The molecule has 0 bridgehead atoms. The van der Waals surface area contributed by atoms with Gasteiger partial charge in [0.2, 0.25) is 11.8 Å². The Labute approximate surface area is 363 Å². The molecular weight excluding hydrogens is 834 g/mol. The van der Waals surface area contributed by atoms with Crippen molar-refractivity contribution in [3.05, 3.63) is 127 Å². The maximum absolute atomic E-state index is 13.3. The van der Waals surface area contributed by atoms with Crippen LogP contribution in [0, 0.1) is 13.8 Å². The Balaban J connectivity index is 0.000000224. The molecule has 4 aromatic carbocycles. The first-order valence-electron chi connectivity index (χ1n) is 19.0. The fourth-order valence-electron chi connectivity index (χ4n) is 6.85. The molecule has 10 nitrogen and oxygen atoms in total. The summed E-state index contributed by atoms with van der Waals surface area (Å²) in [6, 6.07) is 20.4. The van der Waals surface area contributed by atoms with Gasteiger partial charge in [0.1, 0.15) is 11.5 Å². The standard InChI is InChI=1S/C23H24Cl2N2O3.C22H22Cl2N2O3/c1-4-5-10-26-22(28)12-17-14(2)27(23(29)15-6-8-16(24)9-7-15)20-13-19(25)21(30-3)11-18(17)20;1-12(2)25-21(27)10-16-13(3)26(22(28)14-5-7-15(23)8-6-14)19-11-18(24)20(29-4)9-17(16)19/h6-9,11,13H,4-5,10,12H2,1-3H3,(H,26,28);5-9,11-12H,10H2,1-4H3,(H,25,27). The largest absolute Gasteiger partial charge is 0.495 e. The van der Waals surface area contributed by atoms with Crippen molar-refractivity contribution >= 4 is 91.8 Å². The minimum Gasteiger partial charge on any atom is -0.495 e. The normalized spacial score (nSPS) is 11.1. The fourth-order valence-corrected chi connectivity index (χ4v) is 7.57. The molecule has 0 unspecified atom stereocenters. The molecule has 0 spiro atoms. The van der Waals surface area contributed by atoms with E-state index in [-0.39, 0.29) is 42.5 Å². The van der Waals surface area contributed by atoms with E-state index < -0.39 is 0 Å². The van der Waals surface area contributed by atoms with E-state index in [9.17, 15) is 19.2 Å². The molecule has 0 saturated heterocycles. The first kappa shape index (κ1) is 45.1. The van der Waals surface area contributed by atoms with Crippen molar-refractivity contribution in [2.45, 2.75) is 66.3 Å². The van der Waals surface area contributed by atoms with Crippen LogP contribution in [0.15, 0.2) is 72.8 Å². The number of rotatable bonds is 12. The van der Waals surface area contributed by atoms with Crippen LogP contribution in [0.2, 0.25) is 20.1 Å². The quantitative estimate of drug-likeness (QED) is 0.118. The maximum Gasteiger partial charge on any atom is 0.262 e. The number of unbranched alkanes of at least 4 members (excludes halogenated alkanes) is 1. The number of carbonyl (C=O) groups is 4. The Kier molecular flexibility index (Phi) is 15.2. The summed E-state index contributed by atoms with van der Waals surface area (Å²) in [4.78, 5) is 51.6. The Hall–Kier alpha value is -5.00. The highest BCUT2D eigenvalue weighted by Gasteiger charge is 2.25. The number of aromatic nitrogens is 2. The predicted octanol–water partition coefficient (Wildman–Crippen LogP) is 10.4. The monoisotopic (exact) mass is 878 g/mol. The van der Waals surface area contributed by atoms with Gasteiger partial charge in [-0.2, -0.15) is 0 Å². The summed E-state index contributed by atoms with van der Waals surface area (Å²) in [5.41, 5.74) is 5.15. The van der Waals surface area contributed by atoms with Crippen LogP contribution in [0.4, 0.5) is 0 Å². The summed E-state index contributed by atoms with van der Waals surface area (Å²) in [5, 5.41) is 9.24.